The summed E-state index contributed by atoms with van der Waals surface area (Å²) in [7, 11) is -1.69. The maximum Gasteiger partial charge on any atom is 0.243 e. The molecule has 0 unspecified atom stereocenters. The van der Waals surface area contributed by atoms with Crippen LogP contribution in [0.2, 0.25) is 0 Å². The lowest BCUT2D eigenvalue weighted by atomic mass is 9.96. The van der Waals surface area contributed by atoms with Crippen molar-refractivity contribution in [2.75, 3.05) is 20.1 Å². The van der Waals surface area contributed by atoms with Crippen LogP contribution in [-0.4, -0.2) is 43.7 Å². The second-order valence-corrected chi connectivity index (χ2v) is 10.5. The Morgan fingerprint density at radius 3 is 2.23 bits per heavy atom. The Labute approximate surface area is 180 Å². The van der Waals surface area contributed by atoms with Gasteiger partial charge in [0.1, 0.15) is 0 Å². The Bertz CT molecular complexity index is 976. The van der Waals surface area contributed by atoms with Crippen molar-refractivity contribution in [3.8, 4) is 0 Å². The number of benzene rings is 2. The summed E-state index contributed by atoms with van der Waals surface area (Å²) in [5, 5.41) is 0. The second kappa shape index (κ2) is 9.31. The number of aryl methyl sites for hydroxylation is 1. The van der Waals surface area contributed by atoms with Crippen LogP contribution >= 0.6 is 0 Å². The van der Waals surface area contributed by atoms with Gasteiger partial charge in [-0.25, -0.2) is 8.42 Å². The smallest absolute Gasteiger partial charge is 0.243 e. The van der Waals surface area contributed by atoms with Crippen LogP contribution in [0.4, 0.5) is 0 Å². The minimum Gasteiger partial charge on any atom is -0.341 e. The Morgan fingerprint density at radius 2 is 1.67 bits per heavy atom. The molecule has 0 atom stereocenters. The summed E-state index contributed by atoms with van der Waals surface area (Å²) >= 11 is 0. The van der Waals surface area contributed by atoms with Gasteiger partial charge in [0.2, 0.25) is 15.9 Å². The summed E-state index contributed by atoms with van der Waals surface area (Å²) < 4.78 is 27.5. The lowest BCUT2D eigenvalue weighted by Gasteiger charge is -2.32. The molecule has 5 nitrogen and oxygen atoms in total. The molecule has 30 heavy (non-hydrogen) atoms. The highest BCUT2D eigenvalue weighted by Crippen LogP contribution is 2.26. The highest BCUT2D eigenvalue weighted by molar-refractivity contribution is 7.89. The van der Waals surface area contributed by atoms with E-state index in [9.17, 15) is 13.2 Å². The van der Waals surface area contributed by atoms with Gasteiger partial charge in [-0.1, -0.05) is 50.2 Å². The molecule has 1 amide bonds. The van der Waals surface area contributed by atoms with E-state index in [0.717, 1.165) is 11.1 Å². The molecule has 2 aromatic carbocycles. The van der Waals surface area contributed by atoms with E-state index in [4.69, 9.17) is 0 Å². The van der Waals surface area contributed by atoms with E-state index in [0.29, 0.717) is 43.3 Å². The molecule has 0 N–H and O–H groups in total. The summed E-state index contributed by atoms with van der Waals surface area (Å²) in [6.45, 7) is 7.55. The first kappa shape index (κ1) is 22.5. The van der Waals surface area contributed by atoms with Crippen LogP contribution in [0.25, 0.3) is 0 Å². The van der Waals surface area contributed by atoms with Crippen LogP contribution in [0.15, 0.2) is 53.4 Å². The quantitative estimate of drug-likeness (QED) is 0.694. The largest absolute Gasteiger partial charge is 0.341 e. The van der Waals surface area contributed by atoms with E-state index in [1.807, 2.05) is 50.4 Å². The molecule has 0 aromatic heterocycles. The maximum atomic E-state index is 13.0. The predicted molar refractivity (Wildman–Crippen MR) is 120 cm³/mol. The van der Waals surface area contributed by atoms with E-state index < -0.39 is 10.0 Å². The van der Waals surface area contributed by atoms with Crippen molar-refractivity contribution in [3.63, 3.8) is 0 Å². The highest BCUT2D eigenvalue weighted by Gasteiger charge is 2.33. The summed E-state index contributed by atoms with van der Waals surface area (Å²) in [6.07, 6.45) is 1.11. The molecule has 2 aromatic rings. The average Bonchev–Trinajstić information content (AvgIpc) is 2.75. The van der Waals surface area contributed by atoms with Gasteiger partial charge in [0.25, 0.3) is 0 Å². The number of amides is 1. The maximum absolute atomic E-state index is 13.0. The van der Waals surface area contributed by atoms with Crippen molar-refractivity contribution in [1.82, 2.24) is 9.21 Å². The fraction of sp³-hybridized carbons (Fsp3) is 0.458. The third-order valence-electron chi connectivity index (χ3n) is 6.03. The van der Waals surface area contributed by atoms with Gasteiger partial charge >= 0.3 is 0 Å². The fourth-order valence-electron chi connectivity index (χ4n) is 3.95. The Balaban J connectivity index is 1.60. The van der Waals surface area contributed by atoms with Crippen LogP contribution in [0.3, 0.4) is 0 Å². The zero-order chi connectivity index (χ0) is 21.9. The van der Waals surface area contributed by atoms with Gasteiger partial charge in [0.15, 0.2) is 0 Å². The lowest BCUT2D eigenvalue weighted by Crippen LogP contribution is -2.43. The third kappa shape index (κ3) is 4.93. The molecular formula is C24H32N2O3S. The summed E-state index contributed by atoms with van der Waals surface area (Å²) in [6, 6.07) is 15.2. The molecule has 1 saturated heterocycles. The van der Waals surface area contributed by atoms with Crippen LogP contribution in [0, 0.1) is 12.8 Å². The first-order valence-corrected chi connectivity index (χ1v) is 12.0. The van der Waals surface area contributed by atoms with Gasteiger partial charge in [-0.05, 0) is 54.5 Å². The zero-order valence-corrected chi connectivity index (χ0v) is 19.2. The first-order valence-electron chi connectivity index (χ1n) is 10.6. The Kier molecular flexibility index (Phi) is 6.98. The van der Waals surface area contributed by atoms with Crippen LogP contribution < -0.4 is 0 Å². The van der Waals surface area contributed by atoms with Gasteiger partial charge in [-0.2, -0.15) is 4.31 Å². The topological polar surface area (TPSA) is 57.7 Å². The van der Waals surface area contributed by atoms with Crippen molar-refractivity contribution in [2.45, 2.75) is 51.0 Å². The molecule has 1 aliphatic heterocycles. The molecule has 0 bridgehead atoms. The molecular weight excluding hydrogens is 396 g/mol. The van der Waals surface area contributed by atoms with Crippen LogP contribution in [0.5, 0.6) is 0 Å². The van der Waals surface area contributed by atoms with Crippen molar-refractivity contribution < 1.29 is 13.2 Å². The van der Waals surface area contributed by atoms with Gasteiger partial charge in [0, 0.05) is 32.6 Å². The number of sulfonamides is 1. The average molecular weight is 429 g/mol. The third-order valence-corrected chi connectivity index (χ3v) is 7.95. The number of hydrogen-bond donors (Lipinski definition) is 0. The standard InChI is InChI=1S/C24H32N2O3S/c1-18(2)20-9-11-23(12-10-20)30(28,29)26-15-13-21(14-16-26)24(27)25(4)17-22-8-6-5-7-19(22)3/h5-12,18,21H,13-17H2,1-4H3. The Hall–Kier alpha value is -2.18. The number of piperidine rings is 1. The van der Waals surface area contributed by atoms with Gasteiger partial charge < -0.3 is 4.90 Å². The van der Waals surface area contributed by atoms with E-state index in [-0.39, 0.29) is 11.8 Å². The molecule has 1 aliphatic rings. The van der Waals surface area contributed by atoms with E-state index in [2.05, 4.69) is 13.8 Å². The zero-order valence-electron chi connectivity index (χ0n) is 18.3. The molecule has 6 heteroatoms. The summed E-state index contributed by atoms with van der Waals surface area (Å²) in [4.78, 5) is 15.0. The number of carbonyl (C=O) groups is 1. The number of carbonyl (C=O) groups excluding carboxylic acids is 1. The molecule has 1 fully saturated rings. The normalized spacial score (nSPS) is 16.0. The minimum absolute atomic E-state index is 0.0941. The van der Waals surface area contributed by atoms with Gasteiger partial charge in [-0.3, -0.25) is 4.79 Å². The van der Waals surface area contributed by atoms with Crippen LogP contribution in [-0.2, 0) is 21.4 Å². The molecule has 0 spiro atoms. The SMILES string of the molecule is Cc1ccccc1CN(C)C(=O)C1CCN(S(=O)(=O)c2ccc(C(C)C)cc2)CC1. The monoisotopic (exact) mass is 428 g/mol. The molecule has 1 heterocycles. The highest BCUT2D eigenvalue weighted by atomic mass is 32.2. The van der Waals surface area contributed by atoms with Gasteiger partial charge in [-0.15, -0.1) is 0 Å². The molecule has 162 valence electrons. The van der Waals surface area contributed by atoms with E-state index >= 15 is 0 Å². The van der Waals surface area contributed by atoms with Crippen molar-refractivity contribution in [1.29, 1.82) is 0 Å². The molecule has 0 saturated carbocycles. The van der Waals surface area contributed by atoms with E-state index in [1.54, 1.807) is 17.0 Å². The minimum atomic E-state index is -3.52. The van der Waals surface area contributed by atoms with Crippen molar-refractivity contribution in [3.05, 3.63) is 65.2 Å². The predicted octanol–water partition coefficient (Wildman–Crippen LogP) is 4.18. The second-order valence-electron chi connectivity index (χ2n) is 8.52. The van der Waals surface area contributed by atoms with Crippen LogP contribution in [0.1, 0.15) is 49.3 Å². The van der Waals surface area contributed by atoms with Gasteiger partial charge in [0.05, 0.1) is 4.90 Å². The lowest BCUT2D eigenvalue weighted by molar-refractivity contribution is -0.135. The molecule has 3 rings (SSSR count). The fourth-order valence-corrected chi connectivity index (χ4v) is 5.42. The number of nitrogens with zero attached hydrogens (tertiary/aromatic N) is 2. The van der Waals surface area contributed by atoms with E-state index in [1.165, 1.54) is 9.87 Å². The molecule has 0 aliphatic carbocycles. The number of hydrogen-bond acceptors (Lipinski definition) is 3. The van der Waals surface area contributed by atoms with Crippen molar-refractivity contribution in [2.24, 2.45) is 5.92 Å². The Morgan fingerprint density at radius 1 is 1.07 bits per heavy atom. The van der Waals surface area contributed by atoms with Crippen molar-refractivity contribution >= 4 is 15.9 Å². The number of rotatable bonds is 6. The summed E-state index contributed by atoms with van der Waals surface area (Å²) in [5.74, 6) is 0.325. The summed E-state index contributed by atoms with van der Waals surface area (Å²) in [5.41, 5.74) is 3.43. The molecule has 0 radical (unpaired) electrons. The first-order chi connectivity index (χ1) is 14.2.